The number of nitrogens with zero attached hydrogens (tertiary/aromatic N) is 3. The van der Waals surface area contributed by atoms with Crippen LogP contribution in [0, 0.1) is 0 Å². The van der Waals surface area contributed by atoms with Crippen LogP contribution in [0.15, 0.2) is 41.5 Å². The van der Waals surface area contributed by atoms with Gasteiger partial charge in [-0.15, -0.1) is 11.3 Å². The topological polar surface area (TPSA) is 55.2 Å². The maximum atomic E-state index is 12.5. The van der Waals surface area contributed by atoms with Crippen LogP contribution in [-0.4, -0.2) is 27.4 Å². The molecule has 1 aromatic carbocycles. The van der Waals surface area contributed by atoms with Crippen molar-refractivity contribution in [3.05, 3.63) is 61.2 Å². The van der Waals surface area contributed by atoms with Crippen molar-refractivity contribution in [1.29, 1.82) is 0 Å². The minimum Gasteiger partial charge on any atom is -0.339 e. The molecular formula is C16H13Cl2N3O2S. The maximum Gasteiger partial charge on any atom is 0.261 e. The number of aromatic nitrogens is 2. The van der Waals surface area contributed by atoms with Crippen molar-refractivity contribution in [1.82, 2.24) is 14.5 Å². The Balaban J connectivity index is 1.80. The van der Waals surface area contributed by atoms with Crippen molar-refractivity contribution in [3.8, 4) is 0 Å². The predicted molar refractivity (Wildman–Crippen MR) is 96.8 cm³/mol. The van der Waals surface area contributed by atoms with E-state index in [-0.39, 0.29) is 18.0 Å². The van der Waals surface area contributed by atoms with Crippen LogP contribution in [0.3, 0.4) is 0 Å². The van der Waals surface area contributed by atoms with Gasteiger partial charge < -0.3 is 4.90 Å². The number of rotatable bonds is 4. The Morgan fingerprint density at radius 2 is 2.08 bits per heavy atom. The van der Waals surface area contributed by atoms with E-state index in [1.807, 2.05) is 6.07 Å². The number of hydrogen-bond donors (Lipinski definition) is 0. The molecule has 0 unspecified atom stereocenters. The molecule has 2 aromatic heterocycles. The van der Waals surface area contributed by atoms with E-state index in [0.29, 0.717) is 26.8 Å². The summed E-state index contributed by atoms with van der Waals surface area (Å²) in [6, 6.07) is 8.58. The normalized spacial score (nSPS) is 11.0. The fraction of sp³-hybridized carbons (Fsp3) is 0.188. The average Bonchev–Trinajstić information content (AvgIpc) is 2.95. The summed E-state index contributed by atoms with van der Waals surface area (Å²) in [6.07, 6.45) is 1.38. The molecule has 3 aromatic rings. The molecule has 8 heteroatoms. The lowest BCUT2D eigenvalue weighted by atomic mass is 10.2. The van der Waals surface area contributed by atoms with E-state index in [1.165, 1.54) is 22.2 Å². The third kappa shape index (κ3) is 3.61. The van der Waals surface area contributed by atoms with E-state index in [9.17, 15) is 9.59 Å². The van der Waals surface area contributed by atoms with Gasteiger partial charge >= 0.3 is 0 Å². The van der Waals surface area contributed by atoms with Crippen LogP contribution in [0.25, 0.3) is 10.9 Å². The van der Waals surface area contributed by atoms with Gasteiger partial charge in [-0.3, -0.25) is 14.2 Å². The highest BCUT2D eigenvalue weighted by Crippen LogP contribution is 2.22. The SMILES string of the molecule is CN(Cc1ccc(Cl)s1)C(=O)Cn1cnc2ccc(Cl)cc2c1=O. The zero-order chi connectivity index (χ0) is 17.3. The Kier molecular flexibility index (Phi) is 4.89. The summed E-state index contributed by atoms with van der Waals surface area (Å²) in [5.74, 6) is -0.190. The van der Waals surface area contributed by atoms with Crippen LogP contribution in [-0.2, 0) is 17.9 Å². The van der Waals surface area contributed by atoms with Crippen LogP contribution in [0.5, 0.6) is 0 Å². The number of halogens is 2. The number of likely N-dealkylation sites (N-methyl/N-ethyl adjacent to an activating group) is 1. The summed E-state index contributed by atoms with van der Waals surface area (Å²) >= 11 is 13.2. The van der Waals surface area contributed by atoms with Gasteiger partial charge in [0.05, 0.1) is 28.1 Å². The van der Waals surface area contributed by atoms with Gasteiger partial charge in [0.15, 0.2) is 0 Å². The third-order valence-corrected chi connectivity index (χ3v) is 4.99. The Labute approximate surface area is 152 Å². The summed E-state index contributed by atoms with van der Waals surface area (Å²) in [7, 11) is 1.69. The van der Waals surface area contributed by atoms with Crippen LogP contribution in [0.2, 0.25) is 9.36 Å². The monoisotopic (exact) mass is 381 g/mol. The van der Waals surface area contributed by atoms with Gasteiger partial charge in [-0.1, -0.05) is 23.2 Å². The lowest BCUT2D eigenvalue weighted by molar-refractivity contribution is -0.131. The van der Waals surface area contributed by atoms with Crippen LogP contribution in [0.4, 0.5) is 0 Å². The van der Waals surface area contributed by atoms with Crippen LogP contribution < -0.4 is 5.56 Å². The van der Waals surface area contributed by atoms with E-state index in [0.717, 1.165) is 4.88 Å². The first kappa shape index (κ1) is 17.0. The van der Waals surface area contributed by atoms with Gasteiger partial charge in [0.25, 0.3) is 5.56 Å². The molecule has 0 saturated carbocycles. The lowest BCUT2D eigenvalue weighted by Crippen LogP contribution is -2.33. The van der Waals surface area contributed by atoms with Crippen molar-refractivity contribution in [2.75, 3.05) is 7.05 Å². The molecule has 0 spiro atoms. The molecule has 0 radical (unpaired) electrons. The van der Waals surface area contributed by atoms with E-state index >= 15 is 0 Å². The van der Waals surface area contributed by atoms with Crippen LogP contribution >= 0.6 is 34.5 Å². The number of hydrogen-bond acceptors (Lipinski definition) is 4. The van der Waals surface area contributed by atoms with Crippen molar-refractivity contribution in [2.24, 2.45) is 0 Å². The van der Waals surface area contributed by atoms with Gasteiger partial charge in [-0.25, -0.2) is 4.98 Å². The Morgan fingerprint density at radius 1 is 1.29 bits per heavy atom. The smallest absolute Gasteiger partial charge is 0.261 e. The number of benzene rings is 1. The highest BCUT2D eigenvalue weighted by atomic mass is 35.5. The Hall–Kier alpha value is -1.89. The van der Waals surface area contributed by atoms with Gasteiger partial charge in [0, 0.05) is 16.9 Å². The highest BCUT2D eigenvalue weighted by Gasteiger charge is 2.13. The molecule has 24 heavy (non-hydrogen) atoms. The zero-order valence-corrected chi connectivity index (χ0v) is 15.0. The molecule has 0 fully saturated rings. The number of amides is 1. The fourth-order valence-corrected chi connectivity index (χ4v) is 3.58. The summed E-state index contributed by atoms with van der Waals surface area (Å²) in [6.45, 7) is 0.363. The second-order valence-corrected chi connectivity index (χ2v) is 7.53. The fourth-order valence-electron chi connectivity index (χ4n) is 2.27. The lowest BCUT2D eigenvalue weighted by Gasteiger charge is -2.17. The van der Waals surface area contributed by atoms with Crippen LogP contribution in [0.1, 0.15) is 4.88 Å². The minimum atomic E-state index is -0.289. The van der Waals surface area contributed by atoms with E-state index in [1.54, 1.807) is 36.2 Å². The quantitative estimate of drug-likeness (QED) is 0.695. The Morgan fingerprint density at radius 3 is 2.79 bits per heavy atom. The van der Waals surface area contributed by atoms with Crippen molar-refractivity contribution in [3.63, 3.8) is 0 Å². The standard InChI is InChI=1S/C16H13Cl2N3O2S/c1-20(7-11-3-5-14(18)24-11)15(22)8-21-9-19-13-4-2-10(17)6-12(13)16(21)23/h2-6,9H,7-8H2,1H3. The summed E-state index contributed by atoms with van der Waals surface area (Å²) in [5.41, 5.74) is 0.262. The number of fused-ring (bicyclic) bond motifs is 1. The van der Waals surface area contributed by atoms with Gasteiger partial charge in [0.2, 0.25) is 5.91 Å². The number of carbonyl (C=O) groups is 1. The minimum absolute atomic E-state index is 0.0795. The molecule has 2 heterocycles. The van der Waals surface area contributed by atoms with E-state index < -0.39 is 0 Å². The maximum absolute atomic E-state index is 12.5. The van der Waals surface area contributed by atoms with E-state index in [4.69, 9.17) is 23.2 Å². The van der Waals surface area contributed by atoms with Crippen molar-refractivity contribution < 1.29 is 4.79 Å². The first-order valence-corrected chi connectivity index (χ1v) is 8.64. The molecule has 0 aliphatic heterocycles. The molecule has 0 aliphatic rings. The number of thiophene rings is 1. The predicted octanol–water partition coefficient (Wildman–Crippen LogP) is 3.42. The first-order valence-electron chi connectivity index (χ1n) is 7.07. The third-order valence-electron chi connectivity index (χ3n) is 3.54. The summed E-state index contributed by atoms with van der Waals surface area (Å²) in [4.78, 5) is 31.6. The molecule has 1 amide bonds. The second-order valence-electron chi connectivity index (χ2n) is 5.29. The average molecular weight is 382 g/mol. The summed E-state index contributed by atoms with van der Waals surface area (Å²) < 4.78 is 1.97. The molecule has 0 N–H and O–H groups in total. The molecule has 124 valence electrons. The molecular weight excluding hydrogens is 369 g/mol. The molecule has 0 aliphatic carbocycles. The van der Waals surface area contributed by atoms with Gasteiger partial charge in [-0.2, -0.15) is 0 Å². The molecule has 0 atom stereocenters. The van der Waals surface area contributed by atoms with Gasteiger partial charge in [0.1, 0.15) is 6.54 Å². The molecule has 5 nitrogen and oxygen atoms in total. The second kappa shape index (κ2) is 6.93. The van der Waals surface area contributed by atoms with Crippen molar-refractivity contribution >= 4 is 51.3 Å². The highest BCUT2D eigenvalue weighted by molar-refractivity contribution is 7.16. The Bertz CT molecular complexity index is 967. The zero-order valence-electron chi connectivity index (χ0n) is 12.7. The molecule has 0 bridgehead atoms. The van der Waals surface area contributed by atoms with E-state index in [2.05, 4.69) is 4.98 Å². The molecule has 3 rings (SSSR count). The first-order chi connectivity index (χ1) is 11.4. The van der Waals surface area contributed by atoms with Crippen molar-refractivity contribution in [2.45, 2.75) is 13.1 Å². The summed E-state index contributed by atoms with van der Waals surface area (Å²) in [5, 5.41) is 0.850. The molecule has 0 saturated heterocycles. The largest absolute Gasteiger partial charge is 0.339 e. The number of carbonyl (C=O) groups excluding carboxylic acids is 1. The van der Waals surface area contributed by atoms with Gasteiger partial charge in [-0.05, 0) is 30.3 Å².